The van der Waals surface area contributed by atoms with Crippen molar-refractivity contribution in [2.24, 2.45) is 46.2 Å². The second kappa shape index (κ2) is 8.37. The highest BCUT2D eigenvalue weighted by atomic mass is 16.5. The van der Waals surface area contributed by atoms with Gasteiger partial charge in [0.15, 0.2) is 0 Å². The molecule has 4 aliphatic rings. The van der Waals surface area contributed by atoms with Crippen LogP contribution in [-0.4, -0.2) is 42.5 Å². The van der Waals surface area contributed by atoms with Crippen LogP contribution in [0.1, 0.15) is 79.1 Å². The third kappa shape index (κ3) is 3.44. The Morgan fingerprint density at radius 1 is 1.10 bits per heavy atom. The van der Waals surface area contributed by atoms with Gasteiger partial charge in [-0.3, -0.25) is 4.79 Å². The van der Waals surface area contributed by atoms with Gasteiger partial charge < -0.3 is 20.3 Å². The van der Waals surface area contributed by atoms with Crippen LogP contribution in [0.4, 0.5) is 0 Å². The molecular weight excluding hydrogens is 378 g/mol. The lowest BCUT2D eigenvalue weighted by atomic mass is 9.43. The van der Waals surface area contributed by atoms with Crippen LogP contribution in [0, 0.1) is 40.4 Å². The van der Waals surface area contributed by atoms with Crippen LogP contribution in [0.5, 0.6) is 0 Å². The smallest absolute Gasteiger partial charge is 0.309 e. The number of nitrogens with two attached hydrogens (primary N) is 1. The topological polar surface area (TPSA) is 81.8 Å². The lowest BCUT2D eigenvalue weighted by Gasteiger charge is -2.63. The molecule has 30 heavy (non-hydrogen) atoms. The molecule has 0 heterocycles. The van der Waals surface area contributed by atoms with Crippen molar-refractivity contribution in [1.29, 1.82) is 0 Å². The zero-order chi connectivity index (χ0) is 21.7. The molecule has 0 unspecified atom stereocenters. The van der Waals surface area contributed by atoms with Gasteiger partial charge in [-0.15, -0.1) is 0 Å². The van der Waals surface area contributed by atoms with Gasteiger partial charge in [0, 0.05) is 12.6 Å². The van der Waals surface area contributed by atoms with Crippen molar-refractivity contribution in [3.63, 3.8) is 0 Å². The summed E-state index contributed by atoms with van der Waals surface area (Å²) in [6, 6.07) is 0.0983. The van der Waals surface area contributed by atoms with Gasteiger partial charge in [0.25, 0.3) is 0 Å². The predicted molar refractivity (Wildman–Crippen MR) is 117 cm³/mol. The van der Waals surface area contributed by atoms with E-state index in [9.17, 15) is 9.90 Å². The SMILES string of the molecule is CCCOC(=O)[C@H]1CC[C@H]2[C@@H]3CC[C@H]4C[C@H](O)[C@@H](OCC)C[C@]4(C)[C@H]3[C@H](N)C[C@]12C. The van der Waals surface area contributed by atoms with Crippen LogP contribution in [0.2, 0.25) is 0 Å². The van der Waals surface area contributed by atoms with Crippen LogP contribution in [0.25, 0.3) is 0 Å². The van der Waals surface area contributed by atoms with Crippen LogP contribution in [-0.2, 0) is 14.3 Å². The number of ether oxygens (including phenoxy) is 2. The molecule has 0 aromatic rings. The molecule has 5 heteroatoms. The average Bonchev–Trinajstić information content (AvgIpc) is 3.03. The predicted octanol–water partition coefficient (Wildman–Crippen LogP) is 3.91. The van der Waals surface area contributed by atoms with Gasteiger partial charge in [-0.25, -0.2) is 0 Å². The lowest BCUT2D eigenvalue weighted by molar-refractivity contribution is -0.180. The van der Waals surface area contributed by atoms with E-state index in [1.807, 2.05) is 13.8 Å². The number of hydrogen-bond acceptors (Lipinski definition) is 5. The van der Waals surface area contributed by atoms with Crippen LogP contribution < -0.4 is 5.73 Å². The summed E-state index contributed by atoms with van der Waals surface area (Å²) < 4.78 is 11.6. The first-order valence-electron chi connectivity index (χ1n) is 12.5. The molecule has 4 aliphatic carbocycles. The molecule has 3 N–H and O–H groups in total. The summed E-state index contributed by atoms with van der Waals surface area (Å²) in [4.78, 5) is 12.9. The van der Waals surface area contributed by atoms with E-state index in [0.29, 0.717) is 36.9 Å². The van der Waals surface area contributed by atoms with Gasteiger partial charge in [0.05, 0.1) is 24.7 Å². The van der Waals surface area contributed by atoms with Gasteiger partial charge in [-0.2, -0.15) is 0 Å². The highest BCUT2D eigenvalue weighted by Gasteiger charge is 2.64. The first-order chi connectivity index (χ1) is 14.3. The zero-order valence-electron chi connectivity index (χ0n) is 19.4. The second-order valence-corrected chi connectivity index (χ2v) is 11.2. The minimum Gasteiger partial charge on any atom is -0.465 e. The minimum absolute atomic E-state index is 0.00377. The van der Waals surface area contributed by atoms with E-state index in [1.54, 1.807) is 0 Å². The van der Waals surface area contributed by atoms with Gasteiger partial charge in [0.1, 0.15) is 0 Å². The van der Waals surface area contributed by atoms with Crippen molar-refractivity contribution in [2.45, 2.75) is 97.3 Å². The molecule has 0 spiro atoms. The summed E-state index contributed by atoms with van der Waals surface area (Å²) in [5.74, 6) is 2.10. The maximum absolute atomic E-state index is 12.9. The molecule has 0 aromatic heterocycles. The molecule has 0 aromatic carbocycles. The summed E-state index contributed by atoms with van der Waals surface area (Å²) in [6.45, 7) is 9.97. The van der Waals surface area contributed by atoms with Gasteiger partial charge in [-0.1, -0.05) is 20.8 Å². The third-order valence-corrected chi connectivity index (χ3v) is 9.78. The Balaban J connectivity index is 1.59. The van der Waals surface area contributed by atoms with Crippen molar-refractivity contribution in [3.8, 4) is 0 Å². The maximum atomic E-state index is 12.9. The van der Waals surface area contributed by atoms with E-state index in [0.717, 1.165) is 44.9 Å². The van der Waals surface area contributed by atoms with Crippen molar-refractivity contribution >= 4 is 5.97 Å². The Morgan fingerprint density at radius 2 is 1.87 bits per heavy atom. The fraction of sp³-hybridized carbons (Fsp3) is 0.960. The number of hydrogen-bond donors (Lipinski definition) is 2. The number of aliphatic hydroxyl groups is 1. The molecule has 4 saturated carbocycles. The summed E-state index contributed by atoms with van der Waals surface area (Å²) >= 11 is 0. The highest BCUT2D eigenvalue weighted by molar-refractivity contribution is 5.74. The normalized spacial score (nSPS) is 50.3. The monoisotopic (exact) mass is 421 g/mol. The lowest BCUT2D eigenvalue weighted by Crippen LogP contribution is -2.63. The zero-order valence-corrected chi connectivity index (χ0v) is 19.4. The minimum atomic E-state index is -0.353. The van der Waals surface area contributed by atoms with Crippen molar-refractivity contribution in [2.75, 3.05) is 13.2 Å². The van der Waals surface area contributed by atoms with E-state index < -0.39 is 0 Å². The van der Waals surface area contributed by atoms with Gasteiger partial charge in [-0.05, 0) is 92.8 Å². The van der Waals surface area contributed by atoms with E-state index in [2.05, 4.69) is 13.8 Å². The molecule has 172 valence electrons. The second-order valence-electron chi connectivity index (χ2n) is 11.2. The summed E-state index contributed by atoms with van der Waals surface area (Å²) in [5, 5.41) is 10.7. The largest absolute Gasteiger partial charge is 0.465 e. The van der Waals surface area contributed by atoms with E-state index >= 15 is 0 Å². The summed E-state index contributed by atoms with van der Waals surface area (Å²) in [6.07, 6.45) is 7.51. The number of carbonyl (C=O) groups is 1. The first kappa shape index (κ1) is 22.5. The molecule has 4 fully saturated rings. The number of fused-ring (bicyclic) bond motifs is 5. The Morgan fingerprint density at radius 3 is 2.57 bits per heavy atom. The molecule has 4 rings (SSSR count). The van der Waals surface area contributed by atoms with Crippen molar-refractivity contribution in [1.82, 2.24) is 0 Å². The van der Waals surface area contributed by atoms with Gasteiger partial charge in [0.2, 0.25) is 0 Å². The molecule has 0 bridgehead atoms. The fourth-order valence-corrected chi connectivity index (χ4v) is 8.59. The Labute approximate surface area is 182 Å². The Bertz CT molecular complexity index is 641. The standard InChI is InChI=1S/C25H43NO4/c1-5-11-30-23(28)18-10-9-17-16-8-7-15-12-20(27)21(29-6-2)14-24(15,3)22(16)19(26)13-25(17,18)4/h15-22,27H,5-14,26H2,1-4H3/t15-,16-,17-,18+,19+,20-,21-,22+,24-,25-/m0/s1. The molecule has 10 atom stereocenters. The molecule has 0 radical (unpaired) electrons. The van der Waals surface area contributed by atoms with Crippen molar-refractivity contribution in [3.05, 3.63) is 0 Å². The summed E-state index contributed by atoms with van der Waals surface area (Å²) in [5.41, 5.74) is 7.06. The van der Waals surface area contributed by atoms with Crippen LogP contribution in [0.3, 0.4) is 0 Å². The first-order valence-corrected chi connectivity index (χ1v) is 12.5. The molecule has 0 saturated heterocycles. The molecule has 5 nitrogen and oxygen atoms in total. The third-order valence-electron chi connectivity index (χ3n) is 9.78. The van der Waals surface area contributed by atoms with Crippen LogP contribution in [0.15, 0.2) is 0 Å². The average molecular weight is 422 g/mol. The van der Waals surface area contributed by atoms with Crippen LogP contribution >= 0.6 is 0 Å². The number of aliphatic hydroxyl groups excluding tert-OH is 1. The number of carbonyl (C=O) groups excluding carboxylic acids is 1. The highest BCUT2D eigenvalue weighted by Crippen LogP contribution is 2.67. The molecular formula is C25H43NO4. The number of esters is 1. The van der Waals surface area contributed by atoms with E-state index in [1.165, 1.54) is 6.42 Å². The maximum Gasteiger partial charge on any atom is 0.309 e. The molecule has 0 aliphatic heterocycles. The van der Waals surface area contributed by atoms with E-state index in [4.69, 9.17) is 15.2 Å². The van der Waals surface area contributed by atoms with E-state index in [-0.39, 0.29) is 41.0 Å². The van der Waals surface area contributed by atoms with Gasteiger partial charge >= 0.3 is 5.97 Å². The Hall–Kier alpha value is -0.650. The molecule has 0 amide bonds. The van der Waals surface area contributed by atoms with Crippen molar-refractivity contribution < 1.29 is 19.4 Å². The number of rotatable bonds is 5. The Kier molecular flexibility index (Phi) is 6.29. The quantitative estimate of drug-likeness (QED) is 0.658. The fourth-order valence-electron chi connectivity index (χ4n) is 8.59. The summed E-state index contributed by atoms with van der Waals surface area (Å²) in [7, 11) is 0.